The molecule has 0 radical (unpaired) electrons. The van der Waals surface area contributed by atoms with E-state index in [0.29, 0.717) is 16.8 Å². The van der Waals surface area contributed by atoms with Crippen LogP contribution in [0, 0.1) is 26.9 Å². The van der Waals surface area contributed by atoms with Crippen LogP contribution in [0.25, 0.3) is 0 Å². The predicted octanol–water partition coefficient (Wildman–Crippen LogP) is 4.65. The van der Waals surface area contributed by atoms with Crippen LogP contribution in [0.5, 0.6) is 0 Å². The van der Waals surface area contributed by atoms with E-state index in [9.17, 15) is 25.0 Å². The summed E-state index contributed by atoms with van der Waals surface area (Å²) in [5.74, 6) is -2.22. The summed E-state index contributed by atoms with van der Waals surface area (Å²) in [5.41, 5.74) is -0.971. The van der Waals surface area contributed by atoms with Crippen LogP contribution < -0.4 is 5.32 Å². The SMILES string of the molecule is CCOC(=O)[C@]1(C#N)[C@@H](CC(=O)OC(C)(C)C)c2ccccc2N[C@H]1c1ccc([N+](=O)[O-])cc1. The number of nitrogens with zero attached hydrogens (tertiary/aromatic N) is 2. The molecule has 0 aromatic heterocycles. The quantitative estimate of drug-likeness (QED) is 0.370. The van der Waals surface area contributed by atoms with Gasteiger partial charge in [-0.1, -0.05) is 30.3 Å². The van der Waals surface area contributed by atoms with E-state index >= 15 is 0 Å². The van der Waals surface area contributed by atoms with Gasteiger partial charge in [-0.05, 0) is 44.9 Å². The van der Waals surface area contributed by atoms with Gasteiger partial charge in [0.25, 0.3) is 5.69 Å². The molecule has 0 fully saturated rings. The van der Waals surface area contributed by atoms with Crippen molar-refractivity contribution in [1.29, 1.82) is 5.26 Å². The second-order valence-electron chi connectivity index (χ2n) is 9.06. The molecule has 0 saturated heterocycles. The van der Waals surface area contributed by atoms with E-state index in [2.05, 4.69) is 11.4 Å². The third-order valence-electron chi connectivity index (χ3n) is 5.67. The zero-order valence-corrected chi connectivity index (χ0v) is 19.5. The number of nitro groups is 1. The van der Waals surface area contributed by atoms with Crippen LogP contribution in [-0.2, 0) is 19.1 Å². The molecule has 34 heavy (non-hydrogen) atoms. The number of hydrogen-bond acceptors (Lipinski definition) is 8. The van der Waals surface area contributed by atoms with Crippen LogP contribution >= 0.6 is 0 Å². The molecule has 1 heterocycles. The summed E-state index contributed by atoms with van der Waals surface area (Å²) < 4.78 is 10.9. The summed E-state index contributed by atoms with van der Waals surface area (Å²) in [6.45, 7) is 6.89. The Labute approximate surface area is 197 Å². The highest BCUT2D eigenvalue weighted by Crippen LogP contribution is 2.55. The third kappa shape index (κ3) is 4.71. The average molecular weight is 466 g/mol. The number of para-hydroxylation sites is 1. The Kier molecular flexibility index (Phi) is 6.91. The lowest BCUT2D eigenvalue weighted by Crippen LogP contribution is -2.49. The molecule has 178 valence electrons. The normalized spacial score (nSPS) is 21.4. The Morgan fingerprint density at radius 1 is 1.18 bits per heavy atom. The maximum absolute atomic E-state index is 13.5. The number of nitriles is 1. The van der Waals surface area contributed by atoms with Crippen molar-refractivity contribution in [3.8, 4) is 6.07 Å². The second-order valence-corrected chi connectivity index (χ2v) is 9.06. The van der Waals surface area contributed by atoms with Crippen molar-refractivity contribution >= 4 is 23.3 Å². The lowest BCUT2D eigenvalue weighted by Gasteiger charge is -2.44. The Bertz CT molecular complexity index is 1130. The summed E-state index contributed by atoms with van der Waals surface area (Å²) in [6, 6.07) is 14.0. The van der Waals surface area contributed by atoms with Crippen LogP contribution in [-0.4, -0.2) is 29.1 Å². The Morgan fingerprint density at radius 2 is 1.82 bits per heavy atom. The number of fused-ring (bicyclic) bond motifs is 1. The zero-order chi connectivity index (χ0) is 25.1. The molecule has 0 amide bonds. The van der Waals surface area contributed by atoms with Crippen molar-refractivity contribution in [2.45, 2.75) is 51.7 Å². The van der Waals surface area contributed by atoms with Gasteiger partial charge in [0.15, 0.2) is 5.41 Å². The van der Waals surface area contributed by atoms with Crippen molar-refractivity contribution in [2.75, 3.05) is 11.9 Å². The Morgan fingerprint density at radius 3 is 2.38 bits per heavy atom. The lowest BCUT2D eigenvalue weighted by molar-refractivity contribution is -0.384. The molecule has 2 aromatic rings. The highest BCUT2D eigenvalue weighted by Gasteiger charge is 2.58. The van der Waals surface area contributed by atoms with Crippen LogP contribution in [0.3, 0.4) is 0 Å². The summed E-state index contributed by atoms with van der Waals surface area (Å²) in [7, 11) is 0. The predicted molar refractivity (Wildman–Crippen MR) is 124 cm³/mol. The van der Waals surface area contributed by atoms with Crippen molar-refractivity contribution in [2.24, 2.45) is 5.41 Å². The smallest absolute Gasteiger partial charge is 0.329 e. The molecule has 2 aromatic carbocycles. The van der Waals surface area contributed by atoms with Gasteiger partial charge in [0.2, 0.25) is 0 Å². The first kappa shape index (κ1) is 24.7. The lowest BCUT2D eigenvalue weighted by atomic mass is 9.62. The zero-order valence-electron chi connectivity index (χ0n) is 19.5. The first-order valence-electron chi connectivity index (χ1n) is 10.9. The number of carbonyl (C=O) groups excluding carboxylic acids is 2. The van der Waals surface area contributed by atoms with E-state index < -0.39 is 39.8 Å². The molecular formula is C25H27N3O6. The van der Waals surface area contributed by atoms with Gasteiger partial charge in [0.05, 0.1) is 30.1 Å². The van der Waals surface area contributed by atoms with E-state index in [0.717, 1.165) is 0 Å². The summed E-state index contributed by atoms with van der Waals surface area (Å²) in [5, 5.41) is 24.9. The molecule has 9 heteroatoms. The number of rotatable bonds is 6. The Balaban J connectivity index is 2.20. The van der Waals surface area contributed by atoms with E-state index in [4.69, 9.17) is 9.47 Å². The molecule has 0 spiro atoms. The largest absolute Gasteiger partial charge is 0.465 e. The molecule has 1 aliphatic rings. The molecule has 0 saturated carbocycles. The summed E-state index contributed by atoms with van der Waals surface area (Å²) in [6.07, 6.45) is -0.230. The highest BCUT2D eigenvalue weighted by molar-refractivity contribution is 5.87. The number of ether oxygens (including phenoxy) is 2. The number of esters is 2. The van der Waals surface area contributed by atoms with Gasteiger partial charge in [0, 0.05) is 23.7 Å². The topological polar surface area (TPSA) is 132 Å². The van der Waals surface area contributed by atoms with Crippen LogP contribution in [0.1, 0.15) is 57.2 Å². The van der Waals surface area contributed by atoms with E-state index in [-0.39, 0.29) is 18.7 Å². The fourth-order valence-electron chi connectivity index (χ4n) is 4.30. The second kappa shape index (κ2) is 9.51. The third-order valence-corrected chi connectivity index (χ3v) is 5.67. The maximum atomic E-state index is 13.5. The van der Waals surface area contributed by atoms with Gasteiger partial charge in [-0.2, -0.15) is 5.26 Å². The van der Waals surface area contributed by atoms with E-state index in [1.807, 2.05) is 0 Å². The molecule has 0 bridgehead atoms. The first-order chi connectivity index (χ1) is 16.0. The summed E-state index contributed by atoms with van der Waals surface area (Å²) >= 11 is 0. The van der Waals surface area contributed by atoms with E-state index in [1.165, 1.54) is 24.3 Å². The minimum Gasteiger partial charge on any atom is -0.465 e. The van der Waals surface area contributed by atoms with E-state index in [1.54, 1.807) is 52.0 Å². The molecule has 9 nitrogen and oxygen atoms in total. The van der Waals surface area contributed by atoms with Crippen LogP contribution in [0.15, 0.2) is 48.5 Å². The van der Waals surface area contributed by atoms with Crippen molar-refractivity contribution in [3.63, 3.8) is 0 Å². The van der Waals surface area contributed by atoms with Crippen molar-refractivity contribution in [3.05, 3.63) is 69.8 Å². The highest BCUT2D eigenvalue weighted by atomic mass is 16.6. The van der Waals surface area contributed by atoms with Gasteiger partial charge in [-0.15, -0.1) is 0 Å². The van der Waals surface area contributed by atoms with Gasteiger partial charge < -0.3 is 14.8 Å². The molecule has 1 aliphatic heterocycles. The van der Waals surface area contributed by atoms with Gasteiger partial charge >= 0.3 is 11.9 Å². The number of nitrogens with one attached hydrogen (secondary N) is 1. The fraction of sp³-hybridized carbons (Fsp3) is 0.400. The molecule has 0 unspecified atom stereocenters. The average Bonchev–Trinajstić information content (AvgIpc) is 2.78. The number of benzene rings is 2. The fourth-order valence-corrected chi connectivity index (χ4v) is 4.30. The van der Waals surface area contributed by atoms with Crippen LogP contribution in [0.4, 0.5) is 11.4 Å². The van der Waals surface area contributed by atoms with Gasteiger partial charge in [0.1, 0.15) is 5.60 Å². The number of carbonyl (C=O) groups is 2. The molecular weight excluding hydrogens is 438 g/mol. The molecule has 3 rings (SSSR count). The molecule has 3 atom stereocenters. The monoisotopic (exact) mass is 465 g/mol. The standard InChI is InChI=1S/C25H27N3O6/c1-5-33-23(30)25(15-26)19(14-21(29)34-24(2,3)4)18-8-6-7-9-20(18)27-22(25)16-10-12-17(13-11-16)28(31)32/h6-13,19,22,27H,5,14H2,1-4H3/t19-,22-,25+/m0/s1. The minimum atomic E-state index is -1.84. The number of nitro benzene ring substituents is 1. The number of hydrogen-bond donors (Lipinski definition) is 1. The van der Waals surface area contributed by atoms with Crippen molar-refractivity contribution < 1.29 is 24.0 Å². The number of anilines is 1. The molecule has 0 aliphatic carbocycles. The summed E-state index contributed by atoms with van der Waals surface area (Å²) in [4.78, 5) is 37.0. The van der Waals surface area contributed by atoms with Gasteiger partial charge in [-0.3, -0.25) is 19.7 Å². The molecule has 1 N–H and O–H groups in total. The van der Waals surface area contributed by atoms with Crippen molar-refractivity contribution in [1.82, 2.24) is 0 Å². The maximum Gasteiger partial charge on any atom is 0.329 e. The van der Waals surface area contributed by atoms with Crippen LogP contribution in [0.2, 0.25) is 0 Å². The van der Waals surface area contributed by atoms with Gasteiger partial charge in [-0.25, -0.2) is 0 Å². The first-order valence-corrected chi connectivity index (χ1v) is 10.9. The Hall–Kier alpha value is -3.93. The minimum absolute atomic E-state index is 0.0377. The number of non-ortho nitro benzene ring substituents is 1.